The zero-order valence-electron chi connectivity index (χ0n) is 18.1. The van der Waals surface area contributed by atoms with Gasteiger partial charge in [-0.15, -0.1) is 5.11 Å². The Morgan fingerprint density at radius 3 is 2.52 bits per heavy atom. The lowest BCUT2D eigenvalue weighted by molar-refractivity contribution is -0.114. The molecule has 1 heterocycles. The summed E-state index contributed by atoms with van der Waals surface area (Å²) in [6, 6.07) is 5.61. The highest BCUT2D eigenvalue weighted by molar-refractivity contribution is 5.93. The molecule has 0 unspecified atom stereocenters. The lowest BCUT2D eigenvalue weighted by Crippen LogP contribution is -2.24. The number of hydrogen-bond acceptors (Lipinski definition) is 5. The Morgan fingerprint density at radius 2 is 1.97 bits per heavy atom. The molecule has 9 nitrogen and oxygen atoms in total. The Hall–Kier alpha value is -3.98. The largest absolute Gasteiger partial charge is 0.417 e. The molecule has 1 N–H and O–H groups in total. The number of azo groups is 1. The topological polar surface area (TPSA) is 83.6 Å². The van der Waals surface area contributed by atoms with Crippen molar-refractivity contribution < 1.29 is 4.79 Å². The minimum Gasteiger partial charge on any atom is -0.373 e. The molecule has 0 saturated carbocycles. The average molecular weight is 419 g/mol. The summed E-state index contributed by atoms with van der Waals surface area (Å²) in [6.45, 7) is 26.0. The number of rotatable bonds is 10. The van der Waals surface area contributed by atoms with E-state index >= 15 is 0 Å². The van der Waals surface area contributed by atoms with E-state index in [4.69, 9.17) is 13.1 Å². The maximum absolute atomic E-state index is 11.7. The van der Waals surface area contributed by atoms with E-state index in [1.807, 2.05) is 12.1 Å². The number of nitrogens with one attached hydrogen (secondary N) is 1. The van der Waals surface area contributed by atoms with Crippen molar-refractivity contribution in [3.63, 3.8) is 0 Å². The number of carbonyl (C=O) groups excluding carboxylic acids is 1. The lowest BCUT2D eigenvalue weighted by atomic mass is 10.2. The van der Waals surface area contributed by atoms with E-state index in [0.717, 1.165) is 31.6 Å². The van der Waals surface area contributed by atoms with Gasteiger partial charge in [0.1, 0.15) is 5.69 Å². The van der Waals surface area contributed by atoms with Gasteiger partial charge >= 0.3 is 5.95 Å². The van der Waals surface area contributed by atoms with E-state index in [1.165, 1.54) is 11.5 Å². The minimum atomic E-state index is -0.218. The maximum Gasteiger partial charge on any atom is 0.417 e. The number of imidazole rings is 1. The molecule has 0 bridgehead atoms. The minimum absolute atomic E-state index is 0.0296. The van der Waals surface area contributed by atoms with Gasteiger partial charge in [-0.25, -0.2) is 4.57 Å². The molecule has 0 aliphatic heterocycles. The van der Waals surface area contributed by atoms with Crippen molar-refractivity contribution in [3.05, 3.63) is 53.7 Å². The number of hydrogen-bond donors (Lipinski definition) is 1. The van der Waals surface area contributed by atoms with E-state index in [2.05, 4.69) is 55.5 Å². The van der Waals surface area contributed by atoms with Gasteiger partial charge in [0.05, 0.1) is 12.2 Å². The van der Waals surface area contributed by atoms with Gasteiger partial charge in [-0.05, 0) is 31.0 Å². The summed E-state index contributed by atoms with van der Waals surface area (Å²) in [6.07, 6.45) is 3.61. The highest BCUT2D eigenvalue weighted by atomic mass is 16.1. The molecule has 0 aliphatic rings. The molecule has 0 radical (unpaired) electrons. The van der Waals surface area contributed by atoms with Crippen molar-refractivity contribution in [2.75, 3.05) is 23.3 Å². The second-order valence-electron chi connectivity index (χ2n) is 6.75. The Bertz CT molecular complexity index is 1050. The summed E-state index contributed by atoms with van der Waals surface area (Å²) in [7, 11) is 0. The first-order valence-electron chi connectivity index (χ1n) is 10.0. The molecule has 2 aromatic rings. The third-order valence-electron chi connectivity index (χ3n) is 4.32. The monoisotopic (exact) mass is 418 g/mol. The summed E-state index contributed by atoms with van der Waals surface area (Å²) < 4.78 is 1.48. The van der Waals surface area contributed by atoms with E-state index in [1.54, 1.807) is 12.1 Å². The van der Waals surface area contributed by atoms with E-state index in [9.17, 15) is 4.79 Å². The predicted octanol–water partition coefficient (Wildman–Crippen LogP) is 6.17. The number of allylic oxidation sites excluding steroid dienone is 1. The van der Waals surface area contributed by atoms with Crippen LogP contribution in [0.1, 0.15) is 33.6 Å². The standard InChI is InChI=1S/C22H26N8O/c1-7-12-29(13-8-2)17-10-11-18(19(15-17)25-16(4)31)27-28-22-26-20(23-5)21(24-6)30(22)14-9-3/h9-11,15H,3,7-8,12-14H2,1-2,4H3,(H,25,31). The summed E-state index contributed by atoms with van der Waals surface area (Å²) >= 11 is 0. The lowest BCUT2D eigenvalue weighted by Gasteiger charge is -2.24. The molecule has 2 rings (SSSR count). The smallest absolute Gasteiger partial charge is 0.373 e. The highest BCUT2D eigenvalue weighted by Crippen LogP contribution is 2.35. The van der Waals surface area contributed by atoms with Crippen molar-refractivity contribution in [2.24, 2.45) is 10.2 Å². The van der Waals surface area contributed by atoms with Crippen LogP contribution in [0.5, 0.6) is 0 Å². The molecule has 0 spiro atoms. The van der Waals surface area contributed by atoms with Crippen LogP contribution in [0.4, 0.5) is 34.6 Å². The first kappa shape index (κ1) is 23.3. The molecule has 0 atom stereocenters. The molecule has 9 heteroatoms. The molecule has 0 fully saturated rings. The molecule has 0 aliphatic carbocycles. The average Bonchev–Trinajstić information content (AvgIpc) is 3.09. The zero-order chi connectivity index (χ0) is 22.8. The normalized spacial score (nSPS) is 10.5. The number of nitrogens with zero attached hydrogens (tertiary/aromatic N) is 7. The second kappa shape index (κ2) is 11.3. The predicted molar refractivity (Wildman–Crippen MR) is 123 cm³/mol. The molecule has 31 heavy (non-hydrogen) atoms. The molecule has 1 aromatic heterocycles. The number of anilines is 2. The summed E-state index contributed by atoms with van der Waals surface area (Å²) in [5, 5.41) is 11.2. The summed E-state index contributed by atoms with van der Waals surface area (Å²) in [4.78, 5) is 24.8. The van der Waals surface area contributed by atoms with Crippen LogP contribution >= 0.6 is 0 Å². The molecular formula is C22H26N8O. The second-order valence-corrected chi connectivity index (χ2v) is 6.75. The van der Waals surface area contributed by atoms with E-state index in [-0.39, 0.29) is 30.0 Å². The first-order valence-corrected chi connectivity index (χ1v) is 10.0. The van der Waals surface area contributed by atoms with Crippen LogP contribution in [0.3, 0.4) is 0 Å². The number of amides is 1. The molecule has 1 amide bonds. The zero-order valence-corrected chi connectivity index (χ0v) is 18.1. The third-order valence-corrected chi connectivity index (χ3v) is 4.32. The maximum atomic E-state index is 11.7. The molecule has 160 valence electrons. The SMILES string of the molecule is [C-]#[N+]c1nc(N=Nc2ccc(N(CCC)CCC)cc2NC(C)=O)n(CC=C)c1[N+]#[C-]. The van der Waals surface area contributed by atoms with Gasteiger partial charge in [-0.1, -0.05) is 49.7 Å². The quantitative estimate of drug-likeness (QED) is 0.284. The van der Waals surface area contributed by atoms with Gasteiger partial charge < -0.3 is 19.9 Å². The third kappa shape index (κ3) is 5.77. The Morgan fingerprint density at radius 1 is 1.26 bits per heavy atom. The van der Waals surface area contributed by atoms with Crippen LogP contribution < -0.4 is 10.2 Å². The molecule has 0 saturated heterocycles. The fourth-order valence-corrected chi connectivity index (χ4v) is 3.09. The van der Waals surface area contributed by atoms with E-state index < -0.39 is 0 Å². The Kier molecular flexibility index (Phi) is 8.47. The van der Waals surface area contributed by atoms with Crippen molar-refractivity contribution in [1.82, 2.24) is 9.55 Å². The van der Waals surface area contributed by atoms with Crippen LogP contribution in [0.2, 0.25) is 0 Å². The van der Waals surface area contributed by atoms with Crippen molar-refractivity contribution in [3.8, 4) is 0 Å². The number of aromatic nitrogens is 2. The van der Waals surface area contributed by atoms with Crippen LogP contribution in [0.15, 0.2) is 41.1 Å². The van der Waals surface area contributed by atoms with Crippen LogP contribution in [0, 0.1) is 13.1 Å². The van der Waals surface area contributed by atoms with Gasteiger partial charge in [0.15, 0.2) is 0 Å². The van der Waals surface area contributed by atoms with E-state index in [0.29, 0.717) is 11.4 Å². The first-order chi connectivity index (χ1) is 15.0. The van der Waals surface area contributed by atoms with Crippen molar-refractivity contribution in [2.45, 2.75) is 40.2 Å². The molecule has 1 aromatic carbocycles. The molecular weight excluding hydrogens is 392 g/mol. The van der Waals surface area contributed by atoms with Crippen LogP contribution in [0.25, 0.3) is 9.69 Å². The Labute approximate surface area is 182 Å². The summed E-state index contributed by atoms with van der Waals surface area (Å²) in [5.41, 5.74) is 1.97. The van der Waals surface area contributed by atoms with Gasteiger partial charge in [0.2, 0.25) is 5.91 Å². The number of benzene rings is 1. The number of carbonyl (C=O) groups is 1. The van der Waals surface area contributed by atoms with Gasteiger partial charge in [-0.2, -0.15) is 0 Å². The Balaban J connectivity index is 2.49. The van der Waals surface area contributed by atoms with Gasteiger partial charge in [0.25, 0.3) is 11.6 Å². The van der Waals surface area contributed by atoms with Crippen LogP contribution in [-0.2, 0) is 11.3 Å². The van der Waals surface area contributed by atoms with Crippen LogP contribution in [-0.4, -0.2) is 28.5 Å². The summed E-state index contributed by atoms with van der Waals surface area (Å²) in [5.74, 6) is -0.0210. The highest BCUT2D eigenvalue weighted by Gasteiger charge is 2.21. The fourth-order valence-electron chi connectivity index (χ4n) is 3.09. The van der Waals surface area contributed by atoms with Crippen molar-refractivity contribution in [1.29, 1.82) is 0 Å². The fraction of sp³-hybridized carbons (Fsp3) is 0.364. The van der Waals surface area contributed by atoms with Gasteiger partial charge in [0, 0.05) is 25.7 Å². The van der Waals surface area contributed by atoms with Crippen molar-refractivity contribution >= 4 is 40.6 Å². The van der Waals surface area contributed by atoms with Gasteiger partial charge in [-0.3, -0.25) is 4.79 Å².